The quantitative estimate of drug-likeness (QED) is 0.321. The lowest BCUT2D eigenvalue weighted by atomic mass is 9.81. The average molecular weight is 545 g/mol. The number of rotatable bonds is 6. The molecule has 216 valence electrons. The largest absolute Gasteiger partial charge is 0.494 e. The zero-order chi connectivity index (χ0) is 28.6. The van der Waals surface area contributed by atoms with Gasteiger partial charge < -0.3 is 20.3 Å². The molecule has 0 unspecified atom stereocenters. The van der Waals surface area contributed by atoms with Crippen LogP contribution in [0.15, 0.2) is 24.3 Å². The minimum absolute atomic E-state index is 0.0374. The molecule has 3 heterocycles. The molecule has 10 nitrogen and oxygen atoms in total. The summed E-state index contributed by atoms with van der Waals surface area (Å²) in [4.78, 5) is 54.3. The highest BCUT2D eigenvalue weighted by Gasteiger charge is 2.36. The van der Waals surface area contributed by atoms with Crippen molar-refractivity contribution in [2.45, 2.75) is 72.3 Å². The normalized spacial score (nSPS) is 23.8. The van der Waals surface area contributed by atoms with Gasteiger partial charge in [0.1, 0.15) is 11.8 Å². The predicted octanol–water partition coefficient (Wildman–Crippen LogP) is 2.44. The van der Waals surface area contributed by atoms with E-state index in [1.165, 1.54) is 0 Å². The molecule has 0 saturated carbocycles. The minimum atomic E-state index is -0.953. The summed E-state index contributed by atoms with van der Waals surface area (Å²) in [5.74, 6) is -2.48. The van der Waals surface area contributed by atoms with Gasteiger partial charge in [0.2, 0.25) is 23.6 Å². The van der Waals surface area contributed by atoms with Gasteiger partial charge in [-0.15, -0.1) is 0 Å². The molecular weight excluding hydrogens is 500 g/mol. The zero-order valence-corrected chi connectivity index (χ0v) is 23.6. The van der Waals surface area contributed by atoms with Crippen LogP contribution in [0.25, 0.3) is 0 Å². The first kappa shape index (κ1) is 30.4. The molecule has 3 atom stereocenters. The summed E-state index contributed by atoms with van der Waals surface area (Å²) in [5, 5.41) is 15.0. The van der Waals surface area contributed by atoms with Crippen LogP contribution in [-0.4, -0.2) is 66.0 Å². The van der Waals surface area contributed by atoms with Crippen LogP contribution in [0.3, 0.4) is 0 Å². The Balaban J connectivity index is 1.81. The van der Waals surface area contributed by atoms with Crippen molar-refractivity contribution in [1.82, 2.24) is 21.0 Å². The van der Waals surface area contributed by atoms with Crippen LogP contribution in [0.2, 0.25) is 0 Å². The van der Waals surface area contributed by atoms with Crippen LogP contribution >= 0.6 is 0 Å². The Labute approximate surface area is 231 Å². The van der Waals surface area contributed by atoms with E-state index in [-0.39, 0.29) is 30.2 Å². The molecule has 1 saturated heterocycles. The third-order valence-corrected chi connectivity index (χ3v) is 7.59. The highest BCUT2D eigenvalue weighted by Crippen LogP contribution is 2.29. The Morgan fingerprint density at radius 3 is 2.51 bits per heavy atom. The summed E-state index contributed by atoms with van der Waals surface area (Å²) in [6, 6.07) is 6.35. The minimum Gasteiger partial charge on any atom is -0.494 e. The molecule has 3 aliphatic heterocycles. The molecule has 1 aromatic carbocycles. The van der Waals surface area contributed by atoms with E-state index in [4.69, 9.17) is 4.74 Å². The van der Waals surface area contributed by atoms with E-state index in [2.05, 4.69) is 24.5 Å². The summed E-state index contributed by atoms with van der Waals surface area (Å²) in [7, 11) is 0. The molecule has 4 rings (SSSR count). The van der Waals surface area contributed by atoms with Crippen molar-refractivity contribution in [3.05, 3.63) is 29.8 Å². The van der Waals surface area contributed by atoms with Crippen molar-refractivity contribution < 1.29 is 29.1 Å². The van der Waals surface area contributed by atoms with Gasteiger partial charge in [-0.2, -0.15) is 0 Å². The molecule has 0 aliphatic carbocycles. The van der Waals surface area contributed by atoms with Gasteiger partial charge in [0.25, 0.3) is 0 Å². The number of hydrogen-bond donors (Lipinski definition) is 4. The van der Waals surface area contributed by atoms with Gasteiger partial charge in [0.15, 0.2) is 0 Å². The number of nitrogens with zero attached hydrogens (tertiary/aromatic N) is 1. The standard InChI is InChI=1S/C29H44N4O6/c1-19(2)15-23-22(27(36)32-38)7-5-14-39-21-10-8-20(9-11-21)16-24(31-26(23)35)28(37)30-17-25(34)33-13-6-12-29(3,4)18-33/h8-11,19,22-24,38H,5-7,12-18H2,1-4H3,(H,30,37)(H,31,35)(H,32,36)/t22-,23+,24-/m0/s1. The van der Waals surface area contributed by atoms with Crippen LogP contribution in [-0.2, 0) is 25.6 Å². The lowest BCUT2D eigenvalue weighted by Gasteiger charge is -2.38. The van der Waals surface area contributed by atoms with Crippen LogP contribution in [0.5, 0.6) is 5.75 Å². The molecule has 2 bridgehead atoms. The number of fused-ring (bicyclic) bond motifs is 11. The summed E-state index contributed by atoms with van der Waals surface area (Å²) in [6.45, 7) is 9.67. The number of nitrogens with one attached hydrogen (secondary N) is 3. The molecule has 10 heteroatoms. The van der Waals surface area contributed by atoms with Crippen molar-refractivity contribution in [3.8, 4) is 5.75 Å². The van der Waals surface area contributed by atoms with E-state index in [1.54, 1.807) is 22.5 Å². The number of ether oxygens (including phenoxy) is 1. The van der Waals surface area contributed by atoms with E-state index >= 15 is 0 Å². The monoisotopic (exact) mass is 544 g/mol. The number of benzene rings is 1. The maximum absolute atomic E-state index is 13.6. The van der Waals surface area contributed by atoms with Crippen LogP contribution in [0.4, 0.5) is 0 Å². The van der Waals surface area contributed by atoms with Crippen molar-refractivity contribution >= 4 is 23.6 Å². The predicted molar refractivity (Wildman–Crippen MR) is 146 cm³/mol. The first-order chi connectivity index (χ1) is 18.5. The second kappa shape index (κ2) is 13.8. The molecular formula is C29H44N4O6. The highest BCUT2D eigenvalue weighted by molar-refractivity contribution is 5.93. The maximum atomic E-state index is 13.6. The van der Waals surface area contributed by atoms with Gasteiger partial charge in [-0.3, -0.25) is 24.4 Å². The van der Waals surface area contributed by atoms with E-state index < -0.39 is 35.6 Å². The van der Waals surface area contributed by atoms with E-state index in [1.807, 2.05) is 26.0 Å². The lowest BCUT2D eigenvalue weighted by molar-refractivity contribution is -0.142. The number of hydrogen-bond acceptors (Lipinski definition) is 6. The van der Waals surface area contributed by atoms with Gasteiger partial charge in [-0.05, 0) is 61.1 Å². The van der Waals surface area contributed by atoms with Crippen molar-refractivity contribution in [2.24, 2.45) is 23.2 Å². The molecule has 0 aromatic heterocycles. The number of likely N-dealkylation sites (tertiary alicyclic amines) is 1. The topological polar surface area (TPSA) is 137 Å². The Morgan fingerprint density at radius 1 is 1.15 bits per heavy atom. The molecule has 0 radical (unpaired) electrons. The fraction of sp³-hybridized carbons (Fsp3) is 0.655. The average Bonchev–Trinajstić information content (AvgIpc) is 2.89. The van der Waals surface area contributed by atoms with Crippen molar-refractivity contribution in [3.63, 3.8) is 0 Å². The van der Waals surface area contributed by atoms with Crippen LogP contribution < -0.4 is 20.9 Å². The molecule has 0 spiro atoms. The maximum Gasteiger partial charge on any atom is 0.247 e. The van der Waals surface area contributed by atoms with Gasteiger partial charge in [0.05, 0.1) is 19.1 Å². The fourth-order valence-electron chi connectivity index (χ4n) is 5.53. The molecule has 3 aliphatic rings. The van der Waals surface area contributed by atoms with Gasteiger partial charge in [0, 0.05) is 25.4 Å². The summed E-state index contributed by atoms with van der Waals surface area (Å²) >= 11 is 0. The first-order valence-electron chi connectivity index (χ1n) is 14.0. The Hall–Kier alpha value is -3.14. The van der Waals surface area contributed by atoms with Gasteiger partial charge in [-0.25, -0.2) is 5.48 Å². The SMILES string of the molecule is CC(C)C[C@H]1C(=O)N[C@H](C(=O)NCC(=O)N2CCCC(C)(C)C2)Cc2ccc(cc2)OCCC[C@@H]1C(=O)NO. The molecule has 39 heavy (non-hydrogen) atoms. The summed E-state index contributed by atoms with van der Waals surface area (Å²) in [6.07, 6.45) is 3.40. The van der Waals surface area contributed by atoms with Crippen molar-refractivity contribution in [2.75, 3.05) is 26.2 Å². The third-order valence-electron chi connectivity index (χ3n) is 7.59. The second-order valence-electron chi connectivity index (χ2n) is 12.0. The lowest BCUT2D eigenvalue weighted by Crippen LogP contribution is -2.54. The second-order valence-corrected chi connectivity index (χ2v) is 12.0. The Morgan fingerprint density at radius 2 is 1.87 bits per heavy atom. The molecule has 4 amide bonds. The number of carbonyl (C=O) groups excluding carboxylic acids is 4. The summed E-state index contributed by atoms with van der Waals surface area (Å²) in [5.41, 5.74) is 2.56. The molecule has 1 fully saturated rings. The fourth-order valence-corrected chi connectivity index (χ4v) is 5.53. The van der Waals surface area contributed by atoms with E-state index in [9.17, 15) is 24.4 Å². The van der Waals surface area contributed by atoms with E-state index in [0.29, 0.717) is 44.7 Å². The third kappa shape index (κ3) is 8.95. The molecule has 1 aromatic rings. The number of piperidine rings is 1. The van der Waals surface area contributed by atoms with E-state index in [0.717, 1.165) is 18.4 Å². The zero-order valence-electron chi connectivity index (χ0n) is 23.6. The first-order valence-corrected chi connectivity index (χ1v) is 14.0. The summed E-state index contributed by atoms with van der Waals surface area (Å²) < 4.78 is 5.80. The highest BCUT2D eigenvalue weighted by atomic mass is 16.5. The van der Waals surface area contributed by atoms with Gasteiger partial charge in [-0.1, -0.05) is 39.8 Å². The Kier molecular flexibility index (Phi) is 10.7. The van der Waals surface area contributed by atoms with Crippen LogP contribution in [0.1, 0.15) is 65.4 Å². The van der Waals surface area contributed by atoms with Crippen LogP contribution in [0, 0.1) is 23.2 Å². The van der Waals surface area contributed by atoms with Gasteiger partial charge >= 0.3 is 0 Å². The number of hydroxylamine groups is 1. The number of amides is 4. The Bertz CT molecular complexity index is 1010. The smallest absolute Gasteiger partial charge is 0.247 e. The number of carbonyl (C=O) groups is 4. The molecule has 4 N–H and O–H groups in total. The van der Waals surface area contributed by atoms with Crippen molar-refractivity contribution in [1.29, 1.82) is 0 Å².